The van der Waals surface area contributed by atoms with E-state index in [1.54, 1.807) is 12.1 Å². The summed E-state index contributed by atoms with van der Waals surface area (Å²) in [6.07, 6.45) is 1.22. The second-order valence-corrected chi connectivity index (χ2v) is 4.98. The number of benzene rings is 1. The number of carbonyl (C=O) groups is 2. The largest absolute Gasteiger partial charge is 0.480 e. The molecule has 0 bridgehead atoms. The molecule has 5 nitrogen and oxygen atoms in total. The van der Waals surface area contributed by atoms with Gasteiger partial charge in [0.15, 0.2) is 0 Å². The van der Waals surface area contributed by atoms with E-state index in [9.17, 15) is 9.59 Å². The lowest BCUT2D eigenvalue weighted by Crippen LogP contribution is -2.41. The molecule has 1 aromatic carbocycles. The zero-order valence-corrected chi connectivity index (χ0v) is 13.6. The fraction of sp³-hybridized carbons (Fsp3) is 0.429. The van der Waals surface area contributed by atoms with Crippen LogP contribution in [0.4, 0.5) is 5.69 Å². The van der Waals surface area contributed by atoms with Gasteiger partial charge in [0.1, 0.15) is 6.04 Å². The van der Waals surface area contributed by atoms with Crippen molar-refractivity contribution in [3.05, 3.63) is 28.8 Å². The maximum Gasteiger partial charge on any atom is 0.320 e. The topological polar surface area (TPSA) is 78.4 Å². The first-order chi connectivity index (χ1) is 9.43. The number of aliphatic carboxylic acids is 1. The van der Waals surface area contributed by atoms with Crippen molar-refractivity contribution in [3.63, 3.8) is 0 Å². The fourth-order valence-corrected chi connectivity index (χ4v) is 1.87. The molecule has 21 heavy (non-hydrogen) atoms. The van der Waals surface area contributed by atoms with Gasteiger partial charge in [0.2, 0.25) is 5.91 Å². The van der Waals surface area contributed by atoms with Crippen molar-refractivity contribution in [2.75, 3.05) is 11.9 Å². The summed E-state index contributed by atoms with van der Waals surface area (Å²) in [7, 11) is 0. The van der Waals surface area contributed by atoms with E-state index in [0.717, 1.165) is 12.0 Å². The van der Waals surface area contributed by atoms with Crippen LogP contribution < -0.4 is 10.6 Å². The van der Waals surface area contributed by atoms with Gasteiger partial charge in [-0.1, -0.05) is 31.0 Å². The number of anilines is 1. The molecule has 3 N–H and O–H groups in total. The van der Waals surface area contributed by atoms with Crippen molar-refractivity contribution < 1.29 is 14.7 Å². The normalized spacial score (nSPS) is 11.4. The third-order valence-corrected chi connectivity index (χ3v) is 3.25. The zero-order valence-electron chi connectivity index (χ0n) is 12.0. The summed E-state index contributed by atoms with van der Waals surface area (Å²) in [4.78, 5) is 22.7. The van der Waals surface area contributed by atoms with E-state index < -0.39 is 12.0 Å². The first-order valence-electron chi connectivity index (χ1n) is 6.46. The molecular weight excluding hydrogens is 315 g/mol. The molecule has 1 aromatic rings. The Labute approximate surface area is 135 Å². The van der Waals surface area contributed by atoms with Crippen LogP contribution in [-0.2, 0) is 9.59 Å². The van der Waals surface area contributed by atoms with Gasteiger partial charge in [0, 0.05) is 10.7 Å². The van der Waals surface area contributed by atoms with Crippen LogP contribution >= 0.6 is 24.0 Å². The SMILES string of the molecule is CCCC(NCC(=O)Nc1ccc(C)c(Cl)c1)C(=O)O.Cl. The molecule has 1 unspecified atom stereocenters. The highest BCUT2D eigenvalue weighted by atomic mass is 35.5. The van der Waals surface area contributed by atoms with Crippen LogP contribution in [0.25, 0.3) is 0 Å². The van der Waals surface area contributed by atoms with Crippen LogP contribution in [0.2, 0.25) is 5.02 Å². The zero-order chi connectivity index (χ0) is 15.1. The lowest BCUT2D eigenvalue weighted by atomic mass is 10.1. The number of carboxylic acids is 1. The summed E-state index contributed by atoms with van der Waals surface area (Å²) in [5, 5.41) is 14.9. The van der Waals surface area contributed by atoms with Crippen LogP contribution in [0.5, 0.6) is 0 Å². The highest BCUT2D eigenvalue weighted by Gasteiger charge is 2.16. The summed E-state index contributed by atoms with van der Waals surface area (Å²) in [6, 6.07) is 4.52. The summed E-state index contributed by atoms with van der Waals surface area (Å²) in [5.41, 5.74) is 1.52. The summed E-state index contributed by atoms with van der Waals surface area (Å²) >= 11 is 5.96. The third kappa shape index (κ3) is 6.80. The third-order valence-electron chi connectivity index (χ3n) is 2.84. The number of carboxylic acid groups (broad SMARTS) is 1. The maximum absolute atomic E-state index is 11.7. The van der Waals surface area contributed by atoms with Gasteiger partial charge < -0.3 is 10.4 Å². The quantitative estimate of drug-likeness (QED) is 0.716. The molecule has 0 fully saturated rings. The van der Waals surface area contributed by atoms with Gasteiger partial charge in [0.25, 0.3) is 0 Å². The highest BCUT2D eigenvalue weighted by molar-refractivity contribution is 6.31. The maximum atomic E-state index is 11.7. The Hall–Kier alpha value is -1.30. The average molecular weight is 335 g/mol. The summed E-state index contributed by atoms with van der Waals surface area (Å²) in [5.74, 6) is -1.25. The Morgan fingerprint density at radius 2 is 2.05 bits per heavy atom. The Morgan fingerprint density at radius 3 is 2.57 bits per heavy atom. The molecule has 0 spiro atoms. The first kappa shape index (κ1) is 19.7. The average Bonchev–Trinajstić information content (AvgIpc) is 2.38. The molecule has 0 aliphatic carbocycles. The predicted molar refractivity (Wildman–Crippen MR) is 86.4 cm³/mol. The fourth-order valence-electron chi connectivity index (χ4n) is 1.69. The summed E-state index contributed by atoms with van der Waals surface area (Å²) < 4.78 is 0. The number of hydrogen-bond acceptors (Lipinski definition) is 3. The van der Waals surface area contributed by atoms with Crippen LogP contribution in [0.3, 0.4) is 0 Å². The molecule has 0 saturated heterocycles. The van der Waals surface area contributed by atoms with E-state index in [2.05, 4.69) is 10.6 Å². The van der Waals surface area contributed by atoms with Gasteiger partial charge in [-0.3, -0.25) is 14.9 Å². The van der Waals surface area contributed by atoms with Crippen molar-refractivity contribution >= 4 is 41.6 Å². The Kier molecular flexibility index (Phi) is 9.01. The van der Waals surface area contributed by atoms with Crippen molar-refractivity contribution in [1.82, 2.24) is 5.32 Å². The van der Waals surface area contributed by atoms with E-state index >= 15 is 0 Å². The smallest absolute Gasteiger partial charge is 0.320 e. The van der Waals surface area contributed by atoms with E-state index in [-0.39, 0.29) is 24.9 Å². The first-order valence-corrected chi connectivity index (χ1v) is 6.84. The lowest BCUT2D eigenvalue weighted by molar-refractivity contribution is -0.139. The molecular formula is C14H20Cl2N2O3. The molecule has 0 aromatic heterocycles. The molecule has 1 amide bonds. The monoisotopic (exact) mass is 334 g/mol. The number of carbonyl (C=O) groups excluding carboxylic acids is 1. The minimum absolute atomic E-state index is 0. The molecule has 1 rings (SSSR count). The van der Waals surface area contributed by atoms with Crippen molar-refractivity contribution in [1.29, 1.82) is 0 Å². The van der Waals surface area contributed by atoms with E-state index in [1.807, 2.05) is 19.9 Å². The Morgan fingerprint density at radius 1 is 1.38 bits per heavy atom. The molecule has 1 atom stereocenters. The molecule has 0 aliphatic rings. The minimum Gasteiger partial charge on any atom is -0.480 e. The second-order valence-electron chi connectivity index (χ2n) is 4.57. The highest BCUT2D eigenvalue weighted by Crippen LogP contribution is 2.19. The van der Waals surface area contributed by atoms with Crippen molar-refractivity contribution in [3.8, 4) is 0 Å². The van der Waals surface area contributed by atoms with Gasteiger partial charge in [-0.2, -0.15) is 0 Å². The van der Waals surface area contributed by atoms with Crippen LogP contribution in [0, 0.1) is 6.92 Å². The molecule has 7 heteroatoms. The van der Waals surface area contributed by atoms with Gasteiger partial charge >= 0.3 is 5.97 Å². The number of amides is 1. The van der Waals surface area contributed by atoms with Crippen LogP contribution in [0.1, 0.15) is 25.3 Å². The van der Waals surface area contributed by atoms with Gasteiger partial charge in [0.05, 0.1) is 6.54 Å². The second kappa shape index (κ2) is 9.60. The minimum atomic E-state index is -0.946. The number of hydrogen-bond donors (Lipinski definition) is 3. The Bertz CT molecular complexity index is 495. The predicted octanol–water partition coefficient (Wildman–Crippen LogP) is 2.85. The molecule has 118 valence electrons. The Balaban J connectivity index is 0.00000400. The van der Waals surface area contributed by atoms with E-state index in [4.69, 9.17) is 16.7 Å². The van der Waals surface area contributed by atoms with Crippen LogP contribution in [0.15, 0.2) is 18.2 Å². The molecule has 0 saturated carbocycles. The number of nitrogens with one attached hydrogen (secondary N) is 2. The van der Waals surface area contributed by atoms with E-state index in [0.29, 0.717) is 17.1 Å². The van der Waals surface area contributed by atoms with Gasteiger partial charge in [-0.15, -0.1) is 12.4 Å². The number of aryl methyl sites for hydroxylation is 1. The number of halogens is 2. The van der Waals surface area contributed by atoms with Crippen molar-refractivity contribution in [2.45, 2.75) is 32.7 Å². The van der Waals surface area contributed by atoms with Crippen LogP contribution in [-0.4, -0.2) is 29.6 Å². The molecule has 0 radical (unpaired) electrons. The molecule has 0 aliphatic heterocycles. The van der Waals surface area contributed by atoms with E-state index in [1.165, 1.54) is 0 Å². The van der Waals surface area contributed by atoms with Gasteiger partial charge in [-0.25, -0.2) is 0 Å². The van der Waals surface area contributed by atoms with Gasteiger partial charge in [-0.05, 0) is 31.0 Å². The lowest BCUT2D eigenvalue weighted by Gasteiger charge is -2.13. The number of rotatable bonds is 7. The van der Waals surface area contributed by atoms with Crippen molar-refractivity contribution in [2.24, 2.45) is 0 Å². The summed E-state index contributed by atoms with van der Waals surface area (Å²) in [6.45, 7) is 3.71. The standard InChI is InChI=1S/C14H19ClN2O3.ClH/c1-3-4-12(14(19)20)16-8-13(18)17-10-6-5-9(2)11(15)7-10;/h5-7,12,16H,3-4,8H2,1-2H3,(H,17,18)(H,19,20);1H. The molecule has 0 heterocycles.